The van der Waals surface area contributed by atoms with Crippen LogP contribution in [0.15, 0.2) is 0 Å². The Kier molecular flexibility index (Phi) is 24.4. The molecule has 0 unspecified atom stereocenters. The fourth-order valence-corrected chi connectivity index (χ4v) is 2.20. The van der Waals surface area contributed by atoms with Crippen LogP contribution in [0.1, 0.15) is 81.6 Å². The van der Waals surface area contributed by atoms with Gasteiger partial charge >= 0.3 is 18.5 Å². The van der Waals surface area contributed by atoms with E-state index in [4.69, 9.17) is 10.9 Å². The summed E-state index contributed by atoms with van der Waals surface area (Å²) in [5.74, 6) is -0.850. The van der Waals surface area contributed by atoms with E-state index < -0.39 is 82.4 Å². The first kappa shape index (κ1) is 47.3. The molecule has 18 heteroatoms. The van der Waals surface area contributed by atoms with Crippen molar-refractivity contribution in [3.05, 3.63) is 0 Å². The lowest BCUT2D eigenvalue weighted by Crippen LogP contribution is -2.40. The summed E-state index contributed by atoms with van der Waals surface area (Å²) < 4.78 is 126. The van der Waals surface area contributed by atoms with Gasteiger partial charge in [0.25, 0.3) is 0 Å². The van der Waals surface area contributed by atoms with E-state index in [0.717, 1.165) is 6.92 Å². The predicted octanol–water partition coefficient (Wildman–Crippen LogP) is 6.02. The van der Waals surface area contributed by atoms with E-state index in [2.05, 4.69) is 4.72 Å². The summed E-state index contributed by atoms with van der Waals surface area (Å²) in [4.78, 5) is 9.74. The minimum absolute atomic E-state index is 0. The summed E-state index contributed by atoms with van der Waals surface area (Å²) in [6.07, 6.45) is -15.8. The van der Waals surface area contributed by atoms with Gasteiger partial charge in [0.1, 0.15) is 12.2 Å². The average molecular weight is 642 g/mol. The molecule has 0 aliphatic heterocycles. The molecule has 0 aliphatic carbocycles. The highest BCUT2D eigenvalue weighted by Gasteiger charge is 2.32. The van der Waals surface area contributed by atoms with E-state index in [1.807, 2.05) is 20.8 Å². The van der Waals surface area contributed by atoms with Crippen molar-refractivity contribution in [2.45, 2.75) is 122 Å². The summed E-state index contributed by atoms with van der Waals surface area (Å²) in [7, 11) is -2.63. The fraction of sp³-hybridized carbons (Fsp3) is 0.950. The molecule has 4 atom stereocenters. The van der Waals surface area contributed by atoms with Crippen molar-refractivity contribution in [1.82, 2.24) is 4.72 Å². The first-order valence-corrected chi connectivity index (χ1v) is 13.0. The maximum absolute atomic E-state index is 11.9. The molecule has 0 aromatic rings. The summed E-state index contributed by atoms with van der Waals surface area (Å²) >= 11 is 0. The van der Waals surface area contributed by atoms with Crippen molar-refractivity contribution < 1.29 is 52.7 Å². The second-order valence-electron chi connectivity index (χ2n) is 9.92. The van der Waals surface area contributed by atoms with Gasteiger partial charge in [-0.05, 0) is 62.3 Å². The first-order valence-electron chi connectivity index (χ1n) is 10.6. The van der Waals surface area contributed by atoms with Gasteiger partial charge in [0.2, 0.25) is 0 Å². The van der Waals surface area contributed by atoms with Gasteiger partial charge in [-0.3, -0.25) is 9.93 Å². The number of nitrogens with two attached hydrogens (primary N) is 2. The molecule has 38 heavy (non-hydrogen) atoms. The first-order chi connectivity index (χ1) is 15.8. The highest BCUT2D eigenvalue weighted by Crippen LogP contribution is 2.22. The topological polar surface area (TPSA) is 115 Å². The maximum atomic E-state index is 11.9. The molecule has 0 saturated heterocycles. The van der Waals surface area contributed by atoms with Gasteiger partial charge < -0.3 is 5.73 Å². The maximum Gasteiger partial charge on any atom is 0.395 e. The van der Waals surface area contributed by atoms with Crippen LogP contribution >= 0.6 is 12.4 Å². The van der Waals surface area contributed by atoms with Crippen LogP contribution in [0.3, 0.4) is 0 Å². The van der Waals surface area contributed by atoms with E-state index in [0.29, 0.717) is 0 Å². The van der Waals surface area contributed by atoms with Gasteiger partial charge in [0.15, 0.2) is 0 Å². The molecule has 0 heterocycles. The number of carbonyl (C=O) groups excluding carboxylic acids is 1. The lowest BCUT2D eigenvalue weighted by atomic mass is 10.2. The van der Waals surface area contributed by atoms with E-state index in [1.165, 1.54) is 13.8 Å². The number of alkyl halides is 9. The van der Waals surface area contributed by atoms with Gasteiger partial charge in [0.05, 0.1) is 44.3 Å². The van der Waals surface area contributed by atoms with Crippen LogP contribution in [0.4, 0.5) is 39.5 Å². The van der Waals surface area contributed by atoms with Gasteiger partial charge in [-0.25, -0.2) is 13.1 Å². The molecule has 0 fully saturated rings. The van der Waals surface area contributed by atoms with Gasteiger partial charge in [-0.1, -0.05) is 0 Å². The molecule has 0 saturated carbocycles. The SMILES string of the molecule is CC(=O)CC(F)(F)F.CC(C)(C)[S@@](N)=O.C[C@@H](CC(F)(F)F)N[S@@](=O)C(C)(C)C.C[C@H](N)CC(F)(F)F.Cl. The Hall–Kier alpha value is -0.490. The van der Waals surface area contributed by atoms with Crippen LogP contribution in [0.2, 0.25) is 0 Å². The molecule has 0 aliphatic rings. The Balaban J connectivity index is -0.000000132. The van der Waals surface area contributed by atoms with E-state index >= 15 is 0 Å². The minimum atomic E-state index is -4.33. The van der Waals surface area contributed by atoms with Crippen molar-refractivity contribution in [1.29, 1.82) is 0 Å². The summed E-state index contributed by atoms with van der Waals surface area (Å²) in [6, 6.07) is -1.61. The number of hydrogen-bond donors (Lipinski definition) is 3. The Morgan fingerprint density at radius 1 is 0.763 bits per heavy atom. The summed E-state index contributed by atoms with van der Waals surface area (Å²) in [5.41, 5.74) is 4.86. The smallest absolute Gasteiger partial charge is 0.328 e. The molecular weight excluding hydrogens is 601 g/mol. The Labute approximate surface area is 230 Å². The predicted molar refractivity (Wildman–Crippen MR) is 136 cm³/mol. The highest BCUT2D eigenvalue weighted by atomic mass is 35.5. The zero-order valence-electron chi connectivity index (χ0n) is 22.8. The normalized spacial score (nSPS) is 15.5. The van der Waals surface area contributed by atoms with Gasteiger partial charge in [-0.15, -0.1) is 12.4 Å². The fourth-order valence-electron chi connectivity index (χ4n) is 1.40. The lowest BCUT2D eigenvalue weighted by Gasteiger charge is -2.22. The minimum Gasteiger partial charge on any atom is -0.328 e. The van der Waals surface area contributed by atoms with Gasteiger partial charge in [0, 0.05) is 12.1 Å². The van der Waals surface area contributed by atoms with Crippen molar-refractivity contribution in [3.63, 3.8) is 0 Å². The van der Waals surface area contributed by atoms with Crippen molar-refractivity contribution in [2.24, 2.45) is 10.9 Å². The highest BCUT2D eigenvalue weighted by molar-refractivity contribution is 7.84. The molecule has 0 amide bonds. The van der Waals surface area contributed by atoms with Crippen LogP contribution in [0, 0.1) is 0 Å². The third-order valence-electron chi connectivity index (χ3n) is 3.01. The Morgan fingerprint density at radius 2 is 1.08 bits per heavy atom. The molecule has 0 rings (SSSR count). The van der Waals surface area contributed by atoms with E-state index in [1.54, 1.807) is 20.8 Å². The van der Waals surface area contributed by atoms with Crippen molar-refractivity contribution >= 4 is 40.2 Å². The summed E-state index contributed by atoms with van der Waals surface area (Å²) in [6.45, 7) is 14.2. The average Bonchev–Trinajstić information content (AvgIpc) is 2.47. The second kappa shape index (κ2) is 19.6. The molecule has 6 nitrogen and oxygen atoms in total. The molecule has 0 radical (unpaired) electrons. The standard InChI is InChI=1S/C8H16F3NOS.C4H8F3N.C4H5F3O.C4H11NOS.ClH/c1-6(5-8(9,10)11)12-14(13)7(2,3)4;2*1-3(8)2-4(5,6)7;1-4(2,3)7(5)6;/h6,12H,5H2,1-4H3;3H,2,8H2,1H3;2H2,1H3;5H2,1-3H3;1H/t6-,14-;3-;;7-;/m00.0./s1. The number of halogens is 10. The number of hydrogen-bond acceptors (Lipinski definition) is 4. The number of rotatable bonds is 5. The third kappa shape index (κ3) is 45.4. The molecule has 236 valence electrons. The zero-order chi connectivity index (χ0) is 31.2. The van der Waals surface area contributed by atoms with Crippen LogP contribution < -0.4 is 15.6 Å². The number of ketones is 1. The van der Waals surface area contributed by atoms with E-state index in [-0.39, 0.29) is 17.2 Å². The Bertz CT molecular complexity index is 691. The zero-order valence-corrected chi connectivity index (χ0v) is 25.2. The molecule has 0 aromatic carbocycles. The van der Waals surface area contributed by atoms with Crippen molar-refractivity contribution in [2.75, 3.05) is 0 Å². The largest absolute Gasteiger partial charge is 0.395 e. The molecular formula is C20H41ClF9N3O3S2. The number of Topliss-reactive ketones (excluding diaryl/α,β-unsaturated/α-hetero) is 1. The molecule has 0 spiro atoms. The second-order valence-corrected chi connectivity index (χ2v) is 13.7. The molecule has 0 aromatic heterocycles. The van der Waals surface area contributed by atoms with Crippen LogP contribution in [0.25, 0.3) is 0 Å². The number of carbonyl (C=O) groups is 1. The lowest BCUT2D eigenvalue weighted by molar-refractivity contribution is -0.150. The van der Waals surface area contributed by atoms with Crippen LogP contribution in [-0.2, 0) is 26.8 Å². The van der Waals surface area contributed by atoms with Crippen molar-refractivity contribution in [3.8, 4) is 0 Å². The van der Waals surface area contributed by atoms with E-state index in [9.17, 15) is 52.7 Å². The molecule has 5 N–H and O–H groups in total. The monoisotopic (exact) mass is 641 g/mol. The Morgan fingerprint density at radius 3 is 1.18 bits per heavy atom. The summed E-state index contributed by atoms with van der Waals surface area (Å²) in [5, 5.41) is 5.04. The van der Waals surface area contributed by atoms with Crippen LogP contribution in [0.5, 0.6) is 0 Å². The van der Waals surface area contributed by atoms with Crippen LogP contribution in [-0.4, -0.2) is 54.3 Å². The quantitative estimate of drug-likeness (QED) is 0.318. The third-order valence-corrected chi connectivity index (χ3v) is 5.94. The van der Waals surface area contributed by atoms with Gasteiger partial charge in [-0.2, -0.15) is 39.5 Å². The molecule has 0 bridgehead atoms. The number of nitrogens with one attached hydrogen (secondary N) is 1.